The zero-order valence-electron chi connectivity index (χ0n) is 14.8. The van der Waals surface area contributed by atoms with Crippen molar-refractivity contribution in [3.05, 3.63) is 66.0 Å². The van der Waals surface area contributed by atoms with Gasteiger partial charge in [-0.25, -0.2) is 9.97 Å². The molecule has 0 fully saturated rings. The van der Waals surface area contributed by atoms with E-state index in [0.717, 1.165) is 0 Å². The second-order valence-corrected chi connectivity index (χ2v) is 6.12. The number of carbonyl (C=O) groups excluding carboxylic acids is 1. The molecule has 1 N–H and O–H groups in total. The minimum Gasteiger partial charge on any atom is -0.481 e. The number of hydrogen-bond acceptors (Lipinski definition) is 5. The number of nitrogens with zero attached hydrogens (tertiary/aromatic N) is 2. The maximum Gasteiger partial charge on any atom is 0.264 e. The van der Waals surface area contributed by atoms with Gasteiger partial charge < -0.3 is 14.8 Å². The van der Waals surface area contributed by atoms with Gasteiger partial charge in [0.15, 0.2) is 6.10 Å². The van der Waals surface area contributed by atoms with Crippen molar-refractivity contribution < 1.29 is 14.3 Å². The molecular weight excluding hydrogens is 366 g/mol. The third-order valence-electron chi connectivity index (χ3n) is 3.60. The average molecular weight is 384 g/mol. The fourth-order valence-corrected chi connectivity index (χ4v) is 2.43. The van der Waals surface area contributed by atoms with E-state index in [9.17, 15) is 4.79 Å². The molecular formula is C20H18ClN3O3. The van der Waals surface area contributed by atoms with Crippen LogP contribution in [0.25, 0.3) is 11.0 Å². The van der Waals surface area contributed by atoms with Crippen LogP contribution in [0.5, 0.6) is 17.4 Å². The summed E-state index contributed by atoms with van der Waals surface area (Å²) in [6.07, 6.45) is 4.22. The molecule has 0 aliphatic rings. The number of fused-ring (bicyclic) bond motifs is 1. The Labute approximate surface area is 161 Å². The number of halogens is 1. The number of aromatic nitrogens is 2. The molecule has 1 atom stereocenters. The van der Waals surface area contributed by atoms with Gasteiger partial charge in [-0.15, -0.1) is 0 Å². The SMILES string of the molecule is C/C=C\NC(=O)C(C)Oc1ccc(Oc2cnc3cc(Cl)ccc3n2)cc1. The van der Waals surface area contributed by atoms with Gasteiger partial charge in [0, 0.05) is 5.02 Å². The Morgan fingerprint density at radius 3 is 2.63 bits per heavy atom. The molecule has 27 heavy (non-hydrogen) atoms. The number of nitrogens with one attached hydrogen (secondary N) is 1. The molecule has 7 heteroatoms. The van der Waals surface area contributed by atoms with Crippen molar-refractivity contribution in [2.75, 3.05) is 0 Å². The zero-order valence-corrected chi connectivity index (χ0v) is 15.6. The number of amides is 1. The summed E-state index contributed by atoms with van der Waals surface area (Å²) < 4.78 is 11.3. The van der Waals surface area contributed by atoms with Crippen LogP contribution in [0.2, 0.25) is 5.02 Å². The highest BCUT2D eigenvalue weighted by atomic mass is 35.5. The highest BCUT2D eigenvalue weighted by Crippen LogP contribution is 2.24. The van der Waals surface area contributed by atoms with Gasteiger partial charge in [0.25, 0.3) is 5.91 Å². The molecule has 1 aromatic heterocycles. The van der Waals surface area contributed by atoms with Crippen molar-refractivity contribution >= 4 is 28.5 Å². The first-order chi connectivity index (χ1) is 13.0. The van der Waals surface area contributed by atoms with Crippen LogP contribution in [0.3, 0.4) is 0 Å². The summed E-state index contributed by atoms with van der Waals surface area (Å²) >= 11 is 5.94. The van der Waals surface area contributed by atoms with E-state index in [1.807, 2.05) is 6.92 Å². The van der Waals surface area contributed by atoms with Gasteiger partial charge in [-0.2, -0.15) is 0 Å². The van der Waals surface area contributed by atoms with Crippen LogP contribution < -0.4 is 14.8 Å². The maximum atomic E-state index is 11.8. The summed E-state index contributed by atoms with van der Waals surface area (Å²) in [6.45, 7) is 3.50. The minimum absolute atomic E-state index is 0.222. The zero-order chi connectivity index (χ0) is 19.2. The van der Waals surface area contributed by atoms with E-state index in [4.69, 9.17) is 21.1 Å². The fraction of sp³-hybridized carbons (Fsp3) is 0.150. The third-order valence-corrected chi connectivity index (χ3v) is 3.84. The number of hydrogen-bond donors (Lipinski definition) is 1. The molecule has 1 unspecified atom stereocenters. The largest absolute Gasteiger partial charge is 0.481 e. The van der Waals surface area contributed by atoms with E-state index < -0.39 is 6.10 Å². The van der Waals surface area contributed by atoms with Gasteiger partial charge in [-0.3, -0.25) is 4.79 Å². The Kier molecular flexibility index (Phi) is 5.88. The summed E-state index contributed by atoms with van der Waals surface area (Å²) in [7, 11) is 0. The Bertz CT molecular complexity index is 974. The van der Waals surface area contributed by atoms with Crippen molar-refractivity contribution in [1.82, 2.24) is 15.3 Å². The smallest absolute Gasteiger partial charge is 0.264 e. The Morgan fingerprint density at radius 1 is 1.15 bits per heavy atom. The molecule has 1 heterocycles. The summed E-state index contributed by atoms with van der Waals surface area (Å²) in [6, 6.07) is 12.2. The summed E-state index contributed by atoms with van der Waals surface area (Å²) in [5.41, 5.74) is 1.39. The van der Waals surface area contributed by atoms with Crippen LogP contribution in [0, 0.1) is 0 Å². The summed E-state index contributed by atoms with van der Waals surface area (Å²) in [4.78, 5) is 20.5. The van der Waals surface area contributed by atoms with Crippen molar-refractivity contribution in [2.45, 2.75) is 20.0 Å². The predicted molar refractivity (Wildman–Crippen MR) is 104 cm³/mol. The van der Waals surface area contributed by atoms with Gasteiger partial charge >= 0.3 is 0 Å². The van der Waals surface area contributed by atoms with Crippen LogP contribution >= 0.6 is 11.6 Å². The highest BCUT2D eigenvalue weighted by molar-refractivity contribution is 6.31. The van der Waals surface area contributed by atoms with E-state index in [2.05, 4.69) is 15.3 Å². The number of rotatable bonds is 6. The normalized spacial score (nSPS) is 12.1. The van der Waals surface area contributed by atoms with Crippen molar-refractivity contribution in [3.8, 4) is 17.4 Å². The first kappa shape index (κ1) is 18.7. The van der Waals surface area contributed by atoms with E-state index in [0.29, 0.717) is 33.4 Å². The third kappa shape index (κ3) is 4.95. The highest BCUT2D eigenvalue weighted by Gasteiger charge is 2.13. The van der Waals surface area contributed by atoms with E-state index in [-0.39, 0.29) is 5.91 Å². The number of carbonyl (C=O) groups is 1. The first-order valence-corrected chi connectivity index (χ1v) is 8.71. The molecule has 2 aromatic carbocycles. The van der Waals surface area contributed by atoms with Crippen LogP contribution in [-0.4, -0.2) is 22.0 Å². The monoisotopic (exact) mass is 383 g/mol. The predicted octanol–water partition coefficient (Wildman–Crippen LogP) is 4.49. The number of benzene rings is 2. The second kappa shape index (κ2) is 8.51. The van der Waals surface area contributed by atoms with Gasteiger partial charge in [0.1, 0.15) is 11.5 Å². The molecule has 0 bridgehead atoms. The lowest BCUT2D eigenvalue weighted by molar-refractivity contribution is -0.126. The maximum absolute atomic E-state index is 11.8. The van der Waals surface area contributed by atoms with Crippen molar-refractivity contribution in [1.29, 1.82) is 0 Å². The molecule has 0 aliphatic heterocycles. The molecule has 3 aromatic rings. The Morgan fingerprint density at radius 2 is 1.89 bits per heavy atom. The summed E-state index contributed by atoms with van der Waals surface area (Å²) in [5.74, 6) is 1.29. The van der Waals surface area contributed by atoms with E-state index in [1.165, 1.54) is 6.20 Å². The van der Waals surface area contributed by atoms with Crippen LogP contribution in [0.4, 0.5) is 0 Å². The lowest BCUT2D eigenvalue weighted by Gasteiger charge is -2.13. The van der Waals surface area contributed by atoms with Gasteiger partial charge in [0.05, 0.1) is 17.2 Å². The molecule has 0 aliphatic carbocycles. The molecule has 0 spiro atoms. The Balaban J connectivity index is 1.65. The molecule has 138 valence electrons. The van der Waals surface area contributed by atoms with Crippen molar-refractivity contribution in [2.24, 2.45) is 0 Å². The fourth-order valence-electron chi connectivity index (χ4n) is 2.26. The second-order valence-electron chi connectivity index (χ2n) is 5.68. The summed E-state index contributed by atoms with van der Waals surface area (Å²) in [5, 5.41) is 3.23. The Hall–Kier alpha value is -3.12. The molecule has 6 nitrogen and oxygen atoms in total. The molecule has 3 rings (SSSR count). The lowest BCUT2D eigenvalue weighted by Crippen LogP contribution is -2.33. The van der Waals surface area contributed by atoms with Gasteiger partial charge in [0.2, 0.25) is 5.88 Å². The number of allylic oxidation sites excluding steroid dienone is 1. The topological polar surface area (TPSA) is 73.3 Å². The first-order valence-electron chi connectivity index (χ1n) is 8.33. The van der Waals surface area contributed by atoms with E-state index >= 15 is 0 Å². The van der Waals surface area contributed by atoms with Crippen LogP contribution in [0.15, 0.2) is 60.9 Å². The van der Waals surface area contributed by atoms with Gasteiger partial charge in [-0.1, -0.05) is 17.7 Å². The minimum atomic E-state index is -0.619. The van der Waals surface area contributed by atoms with Gasteiger partial charge in [-0.05, 0) is 62.5 Å². The molecule has 0 saturated heterocycles. The number of ether oxygens (including phenoxy) is 2. The average Bonchev–Trinajstić information content (AvgIpc) is 2.67. The molecule has 0 radical (unpaired) electrons. The lowest BCUT2D eigenvalue weighted by atomic mass is 10.3. The molecule has 1 amide bonds. The standard InChI is InChI=1S/C20H18ClN3O3/c1-3-10-22-20(25)13(2)26-15-5-7-16(8-6-15)27-19-12-23-18-11-14(21)4-9-17(18)24-19/h3-13H,1-2H3,(H,22,25)/b10-3-. The van der Waals surface area contributed by atoms with Crippen LogP contribution in [0.1, 0.15) is 13.8 Å². The van der Waals surface area contributed by atoms with Crippen molar-refractivity contribution in [3.63, 3.8) is 0 Å². The van der Waals surface area contributed by atoms with Crippen LogP contribution in [-0.2, 0) is 4.79 Å². The molecule has 0 saturated carbocycles. The quantitative estimate of drug-likeness (QED) is 0.678. The van der Waals surface area contributed by atoms with E-state index in [1.54, 1.807) is 61.7 Å².